The molecule has 2 aromatic rings. The van der Waals surface area contributed by atoms with Gasteiger partial charge in [-0.1, -0.05) is 18.2 Å². The van der Waals surface area contributed by atoms with Crippen molar-refractivity contribution in [3.8, 4) is 0 Å². The zero-order valence-corrected chi connectivity index (χ0v) is 11.2. The van der Waals surface area contributed by atoms with Crippen LogP contribution in [0.25, 0.3) is 5.70 Å². The number of aromatic nitrogens is 1. The maximum absolute atomic E-state index is 12.3. The minimum atomic E-state index is -0.0229. The van der Waals surface area contributed by atoms with E-state index in [0.717, 1.165) is 16.9 Å². The maximum Gasteiger partial charge on any atom is 0.260 e. The third kappa shape index (κ3) is 2.19. The Morgan fingerprint density at radius 1 is 1.20 bits per heavy atom. The molecule has 2 heterocycles. The smallest absolute Gasteiger partial charge is 0.260 e. The highest BCUT2D eigenvalue weighted by atomic mass is 16.1. The number of hydrogen-bond donors (Lipinski definition) is 2. The number of nitrogens with zero attached hydrogens (tertiary/aromatic N) is 2. The summed E-state index contributed by atoms with van der Waals surface area (Å²) < 4.78 is 1.57. The summed E-state index contributed by atoms with van der Waals surface area (Å²) >= 11 is 0. The molecule has 0 spiro atoms. The molecule has 0 unspecified atom stereocenters. The predicted molar refractivity (Wildman–Crippen MR) is 79.5 cm³/mol. The quantitative estimate of drug-likeness (QED) is 0.810. The lowest BCUT2D eigenvalue weighted by Crippen LogP contribution is -2.34. The van der Waals surface area contributed by atoms with Gasteiger partial charge in [-0.05, 0) is 23.8 Å². The van der Waals surface area contributed by atoms with E-state index in [9.17, 15) is 4.79 Å². The van der Waals surface area contributed by atoms with Crippen LogP contribution in [0.15, 0.2) is 53.6 Å². The van der Waals surface area contributed by atoms with Crippen molar-refractivity contribution in [2.24, 2.45) is 12.9 Å². The van der Waals surface area contributed by atoms with E-state index < -0.39 is 0 Å². The highest BCUT2D eigenvalue weighted by molar-refractivity contribution is 5.78. The lowest BCUT2D eigenvalue weighted by Gasteiger charge is -2.25. The molecule has 1 aromatic heterocycles. The highest BCUT2D eigenvalue weighted by Crippen LogP contribution is 2.23. The van der Waals surface area contributed by atoms with Gasteiger partial charge in [-0.2, -0.15) is 0 Å². The minimum Gasteiger partial charge on any atom is -0.354 e. The number of benzene rings is 1. The number of aryl methyl sites for hydroxylation is 1. The van der Waals surface area contributed by atoms with E-state index in [1.165, 1.54) is 0 Å². The molecule has 3 rings (SSSR count). The molecule has 102 valence electrons. The standard InChI is InChI=1S/C15H16N4O/c1-18-8-7-11-9-19(16)10-13(14(11)15(18)20)17-12-5-3-2-4-6-12/h2-8,10,17H,9,16H2,1H3. The molecule has 5 nitrogen and oxygen atoms in total. The second-order valence-corrected chi connectivity index (χ2v) is 4.84. The normalized spacial score (nSPS) is 13.7. The molecular formula is C15H16N4O. The number of anilines is 1. The molecule has 0 aliphatic carbocycles. The Hall–Kier alpha value is -2.53. The monoisotopic (exact) mass is 268 g/mol. The molecule has 0 radical (unpaired) electrons. The summed E-state index contributed by atoms with van der Waals surface area (Å²) in [5, 5.41) is 4.84. The van der Waals surface area contributed by atoms with Crippen molar-refractivity contribution in [1.29, 1.82) is 0 Å². The van der Waals surface area contributed by atoms with Gasteiger partial charge in [-0.15, -0.1) is 0 Å². The van der Waals surface area contributed by atoms with E-state index in [1.54, 1.807) is 29.0 Å². The van der Waals surface area contributed by atoms with E-state index in [2.05, 4.69) is 5.32 Å². The third-order valence-corrected chi connectivity index (χ3v) is 3.32. The maximum atomic E-state index is 12.3. The van der Waals surface area contributed by atoms with Gasteiger partial charge < -0.3 is 14.9 Å². The van der Waals surface area contributed by atoms with Crippen LogP contribution in [0.2, 0.25) is 0 Å². The molecule has 5 heteroatoms. The molecule has 0 bridgehead atoms. The first kappa shape index (κ1) is 12.5. The largest absolute Gasteiger partial charge is 0.354 e. The van der Waals surface area contributed by atoms with Gasteiger partial charge in [0.2, 0.25) is 0 Å². The summed E-state index contributed by atoms with van der Waals surface area (Å²) in [6.07, 6.45) is 3.52. The molecule has 1 aliphatic heterocycles. The number of hydrogen-bond acceptors (Lipinski definition) is 4. The van der Waals surface area contributed by atoms with Gasteiger partial charge in [-0.25, -0.2) is 5.84 Å². The summed E-state index contributed by atoms with van der Waals surface area (Å²) in [7, 11) is 1.75. The molecule has 20 heavy (non-hydrogen) atoms. The number of nitrogens with one attached hydrogen (secondary N) is 1. The van der Waals surface area contributed by atoms with E-state index in [4.69, 9.17) is 5.84 Å². The fourth-order valence-corrected chi connectivity index (χ4v) is 2.33. The van der Waals surface area contributed by atoms with Gasteiger partial charge in [0.15, 0.2) is 0 Å². The lowest BCUT2D eigenvalue weighted by molar-refractivity contribution is 0.381. The van der Waals surface area contributed by atoms with Crippen molar-refractivity contribution in [3.63, 3.8) is 0 Å². The number of pyridine rings is 1. The van der Waals surface area contributed by atoms with Crippen molar-refractivity contribution in [2.75, 3.05) is 5.32 Å². The van der Waals surface area contributed by atoms with Crippen LogP contribution in [0.3, 0.4) is 0 Å². The second kappa shape index (κ2) is 4.86. The Balaban J connectivity index is 2.07. The van der Waals surface area contributed by atoms with Gasteiger partial charge in [0.05, 0.1) is 17.8 Å². The van der Waals surface area contributed by atoms with Crippen LogP contribution >= 0.6 is 0 Å². The number of fused-ring (bicyclic) bond motifs is 1. The first-order valence-corrected chi connectivity index (χ1v) is 6.39. The Morgan fingerprint density at radius 3 is 2.70 bits per heavy atom. The van der Waals surface area contributed by atoms with E-state index in [1.807, 2.05) is 36.4 Å². The Bertz CT molecular complexity index is 718. The van der Waals surface area contributed by atoms with Crippen molar-refractivity contribution in [1.82, 2.24) is 9.58 Å². The molecule has 1 aliphatic rings. The molecular weight excluding hydrogens is 252 g/mol. The summed E-state index contributed by atoms with van der Waals surface area (Å²) in [5.41, 5.74) is 3.23. The van der Waals surface area contributed by atoms with Gasteiger partial charge in [0.25, 0.3) is 5.56 Å². The average Bonchev–Trinajstić information content (AvgIpc) is 2.44. The number of hydrazine groups is 1. The van der Waals surface area contributed by atoms with Crippen LogP contribution in [-0.2, 0) is 13.6 Å². The summed E-state index contributed by atoms with van der Waals surface area (Å²) in [4.78, 5) is 12.3. The Labute approximate surface area is 116 Å². The third-order valence-electron chi connectivity index (χ3n) is 3.32. The van der Waals surface area contributed by atoms with Crippen molar-refractivity contribution in [3.05, 3.63) is 70.3 Å². The first-order chi connectivity index (χ1) is 9.65. The summed E-state index contributed by atoms with van der Waals surface area (Å²) in [5.74, 6) is 5.89. The molecule has 0 amide bonds. The molecule has 0 fully saturated rings. The zero-order chi connectivity index (χ0) is 14.1. The van der Waals surface area contributed by atoms with Crippen LogP contribution < -0.4 is 16.7 Å². The fourth-order valence-electron chi connectivity index (χ4n) is 2.33. The van der Waals surface area contributed by atoms with E-state index in [0.29, 0.717) is 12.1 Å². The van der Waals surface area contributed by atoms with Gasteiger partial charge >= 0.3 is 0 Å². The lowest BCUT2D eigenvalue weighted by atomic mass is 10.0. The van der Waals surface area contributed by atoms with Crippen LogP contribution in [0.5, 0.6) is 0 Å². The van der Waals surface area contributed by atoms with Crippen molar-refractivity contribution >= 4 is 11.4 Å². The second-order valence-electron chi connectivity index (χ2n) is 4.84. The van der Waals surface area contributed by atoms with E-state index in [-0.39, 0.29) is 5.56 Å². The average molecular weight is 268 g/mol. The van der Waals surface area contributed by atoms with Crippen LogP contribution in [-0.4, -0.2) is 9.58 Å². The number of rotatable bonds is 2. The van der Waals surface area contributed by atoms with Gasteiger partial charge in [-0.3, -0.25) is 4.79 Å². The molecule has 1 aromatic carbocycles. The molecule has 0 saturated carbocycles. The summed E-state index contributed by atoms with van der Waals surface area (Å²) in [6.45, 7) is 0.533. The summed E-state index contributed by atoms with van der Waals surface area (Å²) in [6, 6.07) is 11.7. The predicted octanol–water partition coefficient (Wildman–Crippen LogP) is 1.49. The Kier molecular flexibility index (Phi) is 3.04. The highest BCUT2D eigenvalue weighted by Gasteiger charge is 2.19. The van der Waals surface area contributed by atoms with Crippen LogP contribution in [0.4, 0.5) is 5.69 Å². The topological polar surface area (TPSA) is 63.3 Å². The van der Waals surface area contributed by atoms with E-state index >= 15 is 0 Å². The van der Waals surface area contributed by atoms with Gasteiger partial charge in [0, 0.05) is 25.1 Å². The Morgan fingerprint density at radius 2 is 1.95 bits per heavy atom. The fraction of sp³-hybridized carbons (Fsp3) is 0.133. The molecule has 3 N–H and O–H groups in total. The molecule has 0 saturated heterocycles. The number of nitrogens with two attached hydrogens (primary N) is 1. The van der Waals surface area contributed by atoms with Crippen LogP contribution in [0.1, 0.15) is 11.1 Å². The van der Waals surface area contributed by atoms with Gasteiger partial charge in [0.1, 0.15) is 0 Å². The number of para-hydroxylation sites is 1. The van der Waals surface area contributed by atoms with Crippen molar-refractivity contribution < 1.29 is 0 Å². The molecule has 0 atom stereocenters. The van der Waals surface area contributed by atoms with Crippen molar-refractivity contribution in [2.45, 2.75) is 6.54 Å². The van der Waals surface area contributed by atoms with Crippen LogP contribution in [0, 0.1) is 0 Å². The first-order valence-electron chi connectivity index (χ1n) is 6.39. The zero-order valence-electron chi connectivity index (χ0n) is 11.2. The minimum absolute atomic E-state index is 0.0229. The SMILES string of the molecule is Cn1ccc2c(c1=O)C(Nc1ccccc1)=CN(N)C2.